The fraction of sp³-hybridized carbons (Fsp3) is 0.800. The number of rotatable bonds is 0. The molecule has 2 atom stereocenters. The molecule has 1 fully saturated rings. The molecule has 0 saturated heterocycles. The van der Waals surface area contributed by atoms with E-state index < -0.39 is 0 Å². The summed E-state index contributed by atoms with van der Waals surface area (Å²) in [6, 6.07) is 0. The van der Waals surface area contributed by atoms with Crippen LogP contribution in [-0.2, 0) is 0 Å². The molecular weight excluding hydrogens is 150 g/mol. The molecule has 0 aromatic carbocycles. The van der Waals surface area contributed by atoms with E-state index in [4.69, 9.17) is 0 Å². The van der Waals surface area contributed by atoms with Crippen molar-refractivity contribution in [2.45, 2.75) is 44.6 Å². The van der Waals surface area contributed by atoms with E-state index >= 15 is 0 Å². The third-order valence-corrected chi connectivity index (χ3v) is 3.02. The van der Waals surface area contributed by atoms with Crippen molar-refractivity contribution in [1.82, 2.24) is 6.15 Å². The summed E-state index contributed by atoms with van der Waals surface area (Å²) in [7, 11) is 0. The smallest absolute Gasteiger partial charge is 0.0752 e. The minimum Gasteiger partial charge on any atom is -0.389 e. The second-order valence-electron chi connectivity index (χ2n) is 3.78. The van der Waals surface area contributed by atoms with E-state index in [1.54, 1.807) is 0 Å². The Morgan fingerprint density at radius 3 is 2.67 bits per heavy atom. The minimum atomic E-state index is -0.0888. The SMILES string of the molecule is N.OC1CCCC2CCCC=C12. The monoisotopic (exact) mass is 169 g/mol. The van der Waals surface area contributed by atoms with Crippen molar-refractivity contribution in [3.63, 3.8) is 0 Å². The van der Waals surface area contributed by atoms with Crippen LogP contribution in [0.1, 0.15) is 38.5 Å². The lowest BCUT2D eigenvalue weighted by Crippen LogP contribution is -2.25. The first-order chi connectivity index (χ1) is 5.38. The Morgan fingerprint density at radius 2 is 1.92 bits per heavy atom. The highest BCUT2D eigenvalue weighted by atomic mass is 16.3. The van der Waals surface area contributed by atoms with E-state index in [0.717, 1.165) is 12.3 Å². The van der Waals surface area contributed by atoms with Gasteiger partial charge >= 0.3 is 0 Å². The molecule has 0 heterocycles. The van der Waals surface area contributed by atoms with Gasteiger partial charge in [-0.25, -0.2) is 0 Å². The van der Waals surface area contributed by atoms with E-state index in [1.807, 2.05) is 0 Å². The van der Waals surface area contributed by atoms with Crippen molar-refractivity contribution < 1.29 is 5.11 Å². The lowest BCUT2D eigenvalue weighted by molar-refractivity contribution is 0.153. The number of aliphatic hydroxyl groups is 1. The first-order valence-electron chi connectivity index (χ1n) is 4.76. The molecule has 0 radical (unpaired) electrons. The standard InChI is InChI=1S/C10H16O.H3N/c11-10-7-3-5-8-4-1-2-6-9(8)10;/h6,8,10-11H,1-5,7H2;1H3. The van der Waals surface area contributed by atoms with E-state index in [0.29, 0.717) is 0 Å². The molecule has 1 saturated carbocycles. The van der Waals surface area contributed by atoms with Crippen LogP contribution < -0.4 is 6.15 Å². The van der Waals surface area contributed by atoms with Crippen LogP contribution in [-0.4, -0.2) is 11.2 Å². The Kier molecular flexibility index (Phi) is 3.29. The van der Waals surface area contributed by atoms with Gasteiger partial charge in [0.2, 0.25) is 0 Å². The Hall–Kier alpha value is -0.340. The van der Waals surface area contributed by atoms with Crippen molar-refractivity contribution in [2.75, 3.05) is 0 Å². The molecule has 2 rings (SSSR count). The fourth-order valence-electron chi connectivity index (χ4n) is 2.41. The van der Waals surface area contributed by atoms with E-state index in [9.17, 15) is 5.11 Å². The number of hydrogen-bond donors (Lipinski definition) is 2. The van der Waals surface area contributed by atoms with Gasteiger partial charge < -0.3 is 11.3 Å². The molecule has 12 heavy (non-hydrogen) atoms. The molecule has 0 spiro atoms. The topological polar surface area (TPSA) is 55.2 Å². The fourth-order valence-corrected chi connectivity index (χ4v) is 2.41. The third kappa shape index (κ3) is 1.70. The number of fused-ring (bicyclic) bond motifs is 1. The highest BCUT2D eigenvalue weighted by Gasteiger charge is 2.26. The molecule has 70 valence electrons. The summed E-state index contributed by atoms with van der Waals surface area (Å²) in [5.41, 5.74) is 1.36. The molecule has 2 nitrogen and oxygen atoms in total. The maximum absolute atomic E-state index is 9.64. The zero-order valence-corrected chi connectivity index (χ0v) is 7.63. The maximum Gasteiger partial charge on any atom is 0.0752 e. The molecular formula is C10H19NO. The summed E-state index contributed by atoms with van der Waals surface area (Å²) in [5, 5.41) is 9.64. The normalized spacial score (nSPS) is 34.6. The molecule has 2 unspecified atom stereocenters. The highest BCUT2D eigenvalue weighted by Crippen LogP contribution is 2.36. The van der Waals surface area contributed by atoms with Crippen molar-refractivity contribution in [2.24, 2.45) is 5.92 Å². The molecule has 0 bridgehead atoms. The van der Waals surface area contributed by atoms with Crippen molar-refractivity contribution in [3.8, 4) is 0 Å². The van der Waals surface area contributed by atoms with Crippen LogP contribution in [0.15, 0.2) is 11.6 Å². The van der Waals surface area contributed by atoms with E-state index in [1.165, 1.54) is 37.7 Å². The van der Waals surface area contributed by atoms with E-state index in [2.05, 4.69) is 6.08 Å². The lowest BCUT2D eigenvalue weighted by atomic mass is 9.76. The van der Waals surface area contributed by atoms with Crippen LogP contribution in [0.4, 0.5) is 0 Å². The zero-order valence-electron chi connectivity index (χ0n) is 7.63. The van der Waals surface area contributed by atoms with Gasteiger partial charge in [-0.1, -0.05) is 6.08 Å². The minimum absolute atomic E-state index is 0. The van der Waals surface area contributed by atoms with Gasteiger partial charge in [-0.3, -0.25) is 0 Å². The summed E-state index contributed by atoms with van der Waals surface area (Å²) in [5.74, 6) is 0.743. The van der Waals surface area contributed by atoms with Gasteiger partial charge in [-0.15, -0.1) is 0 Å². The van der Waals surface area contributed by atoms with Gasteiger partial charge in [-0.2, -0.15) is 0 Å². The van der Waals surface area contributed by atoms with Crippen molar-refractivity contribution in [1.29, 1.82) is 0 Å². The van der Waals surface area contributed by atoms with Crippen LogP contribution in [0.5, 0.6) is 0 Å². The summed E-state index contributed by atoms with van der Waals surface area (Å²) in [6.45, 7) is 0. The molecule has 2 aliphatic carbocycles. The predicted molar refractivity (Wildman–Crippen MR) is 50.3 cm³/mol. The van der Waals surface area contributed by atoms with Gasteiger partial charge in [0.15, 0.2) is 0 Å². The van der Waals surface area contributed by atoms with E-state index in [-0.39, 0.29) is 12.3 Å². The second kappa shape index (κ2) is 4.06. The third-order valence-electron chi connectivity index (χ3n) is 3.02. The first-order valence-corrected chi connectivity index (χ1v) is 4.76. The summed E-state index contributed by atoms with van der Waals surface area (Å²) in [6.07, 6.45) is 9.59. The van der Waals surface area contributed by atoms with Gasteiger partial charge in [0.05, 0.1) is 6.10 Å². The summed E-state index contributed by atoms with van der Waals surface area (Å²) >= 11 is 0. The van der Waals surface area contributed by atoms with Crippen LogP contribution in [0.3, 0.4) is 0 Å². The van der Waals surface area contributed by atoms with Gasteiger partial charge in [-0.05, 0) is 50.0 Å². The van der Waals surface area contributed by atoms with Crippen LogP contribution in [0.25, 0.3) is 0 Å². The van der Waals surface area contributed by atoms with Crippen LogP contribution in [0.2, 0.25) is 0 Å². The molecule has 0 amide bonds. The average molecular weight is 169 g/mol. The van der Waals surface area contributed by atoms with Crippen molar-refractivity contribution in [3.05, 3.63) is 11.6 Å². The Balaban J connectivity index is 0.000000720. The lowest BCUT2D eigenvalue weighted by Gasteiger charge is -2.32. The number of aliphatic hydroxyl groups excluding tert-OH is 1. The van der Waals surface area contributed by atoms with Crippen molar-refractivity contribution >= 4 is 0 Å². The average Bonchev–Trinajstić information content (AvgIpc) is 2.06. The Morgan fingerprint density at radius 1 is 1.17 bits per heavy atom. The zero-order chi connectivity index (χ0) is 7.68. The molecule has 0 aromatic heterocycles. The van der Waals surface area contributed by atoms with Crippen LogP contribution in [0, 0.1) is 5.92 Å². The summed E-state index contributed by atoms with van der Waals surface area (Å²) < 4.78 is 0. The number of hydrogen-bond acceptors (Lipinski definition) is 2. The van der Waals surface area contributed by atoms with Gasteiger partial charge in [0.25, 0.3) is 0 Å². The van der Waals surface area contributed by atoms with Crippen LogP contribution >= 0.6 is 0 Å². The summed E-state index contributed by atoms with van der Waals surface area (Å²) in [4.78, 5) is 0. The quantitative estimate of drug-likeness (QED) is 0.547. The first kappa shape index (κ1) is 9.75. The Labute approximate surface area is 74.3 Å². The van der Waals surface area contributed by atoms with Gasteiger partial charge in [0.1, 0.15) is 0 Å². The highest BCUT2D eigenvalue weighted by molar-refractivity contribution is 5.16. The number of allylic oxidation sites excluding steroid dienone is 1. The van der Waals surface area contributed by atoms with Gasteiger partial charge in [0, 0.05) is 0 Å². The predicted octanol–water partition coefficient (Wildman–Crippen LogP) is 2.42. The molecule has 0 aromatic rings. The second-order valence-corrected chi connectivity index (χ2v) is 3.78. The largest absolute Gasteiger partial charge is 0.389 e. The molecule has 2 aliphatic rings. The maximum atomic E-state index is 9.64. The molecule has 4 N–H and O–H groups in total. The molecule has 0 aliphatic heterocycles. The molecule has 2 heteroatoms. The Bertz CT molecular complexity index is 177.